The smallest absolute Gasteiger partial charge is 0.410 e. The first-order chi connectivity index (χ1) is 16.1. The van der Waals surface area contributed by atoms with Crippen LogP contribution in [0.1, 0.15) is 33.6 Å². The van der Waals surface area contributed by atoms with Crippen LogP contribution in [0.15, 0.2) is 40.8 Å². The highest BCUT2D eigenvalue weighted by Crippen LogP contribution is 2.36. The summed E-state index contributed by atoms with van der Waals surface area (Å²) >= 11 is 0. The summed E-state index contributed by atoms with van der Waals surface area (Å²) in [7, 11) is 3.32. The van der Waals surface area contributed by atoms with E-state index in [1.54, 1.807) is 24.0 Å². The number of rotatable bonds is 4. The van der Waals surface area contributed by atoms with Crippen LogP contribution in [0.4, 0.5) is 15.3 Å². The molecule has 1 N–H and O–H groups in total. The second-order valence-electron chi connectivity index (χ2n) is 9.89. The molecule has 3 amide bonds. The van der Waals surface area contributed by atoms with Gasteiger partial charge < -0.3 is 29.0 Å². The maximum Gasteiger partial charge on any atom is 0.410 e. The van der Waals surface area contributed by atoms with Crippen LogP contribution in [0.5, 0.6) is 5.75 Å². The van der Waals surface area contributed by atoms with E-state index < -0.39 is 5.60 Å². The Kier molecular flexibility index (Phi) is 6.59. The molecule has 8 heteroatoms. The van der Waals surface area contributed by atoms with Crippen molar-refractivity contribution in [3.63, 3.8) is 0 Å². The van der Waals surface area contributed by atoms with Crippen molar-refractivity contribution in [1.82, 2.24) is 9.80 Å². The molecule has 2 heterocycles. The Morgan fingerprint density at radius 2 is 1.94 bits per heavy atom. The standard InChI is InChI=1S/C26H33N3O5/c1-26(2,3)34-25(31)28(4)15-17-9-8-12-29(16-17)24(30)27-20-14-22-19(13-23(20)32-5)18-10-6-7-11-21(18)33-22/h6-7,10-11,13-14,17H,8-9,12,15-16H2,1-5H3,(H,27,30). The summed E-state index contributed by atoms with van der Waals surface area (Å²) in [6.45, 7) is 7.31. The lowest BCUT2D eigenvalue weighted by molar-refractivity contribution is 0.0253. The summed E-state index contributed by atoms with van der Waals surface area (Å²) in [5.41, 5.74) is 1.50. The number of benzene rings is 2. The van der Waals surface area contributed by atoms with Gasteiger partial charge in [-0.15, -0.1) is 0 Å². The Bertz CT molecular complexity index is 1200. The SMILES string of the molecule is COc1cc2c(cc1NC(=O)N1CCCC(CN(C)C(=O)OC(C)(C)C)C1)oc1ccccc12. The fourth-order valence-corrected chi connectivity index (χ4v) is 4.41. The van der Waals surface area contributed by atoms with Gasteiger partial charge in [0.2, 0.25) is 0 Å². The summed E-state index contributed by atoms with van der Waals surface area (Å²) < 4.78 is 17.0. The van der Waals surface area contributed by atoms with Crippen molar-refractivity contribution in [3.05, 3.63) is 36.4 Å². The van der Waals surface area contributed by atoms with Gasteiger partial charge in [0.15, 0.2) is 0 Å². The molecule has 1 fully saturated rings. The van der Waals surface area contributed by atoms with Gasteiger partial charge in [0.1, 0.15) is 22.5 Å². The molecule has 4 rings (SSSR count). The Balaban J connectivity index is 1.45. The molecule has 1 atom stereocenters. The number of likely N-dealkylation sites (tertiary alicyclic amines) is 1. The van der Waals surface area contributed by atoms with Crippen LogP contribution in [-0.4, -0.2) is 61.3 Å². The van der Waals surface area contributed by atoms with Crippen molar-refractivity contribution in [3.8, 4) is 5.75 Å². The molecule has 1 saturated heterocycles. The second kappa shape index (κ2) is 9.44. The van der Waals surface area contributed by atoms with E-state index in [-0.39, 0.29) is 18.0 Å². The van der Waals surface area contributed by atoms with Gasteiger partial charge in [0.05, 0.1) is 12.8 Å². The van der Waals surface area contributed by atoms with Crippen molar-refractivity contribution in [2.45, 2.75) is 39.2 Å². The summed E-state index contributed by atoms with van der Waals surface area (Å²) in [5.74, 6) is 0.752. The van der Waals surface area contributed by atoms with E-state index in [2.05, 4.69) is 5.32 Å². The quantitative estimate of drug-likeness (QED) is 0.532. The van der Waals surface area contributed by atoms with Crippen LogP contribution in [0.2, 0.25) is 0 Å². The summed E-state index contributed by atoms with van der Waals surface area (Å²) in [4.78, 5) is 28.8. The number of furan rings is 1. The molecule has 0 radical (unpaired) electrons. The number of nitrogens with zero attached hydrogens (tertiary/aromatic N) is 2. The van der Waals surface area contributed by atoms with E-state index in [1.807, 2.05) is 57.2 Å². The average molecular weight is 468 g/mol. The highest BCUT2D eigenvalue weighted by molar-refractivity contribution is 6.07. The fourth-order valence-electron chi connectivity index (χ4n) is 4.41. The number of nitrogens with one attached hydrogen (secondary N) is 1. The molecule has 0 aliphatic carbocycles. The zero-order chi connectivity index (χ0) is 24.5. The molecule has 34 heavy (non-hydrogen) atoms. The van der Waals surface area contributed by atoms with Crippen LogP contribution in [-0.2, 0) is 4.74 Å². The first-order valence-electron chi connectivity index (χ1n) is 11.6. The first-order valence-corrected chi connectivity index (χ1v) is 11.6. The fraction of sp³-hybridized carbons (Fsp3) is 0.462. The molecule has 3 aromatic rings. The molecule has 1 aliphatic rings. The number of fused-ring (bicyclic) bond motifs is 3. The van der Waals surface area contributed by atoms with E-state index >= 15 is 0 Å². The van der Waals surface area contributed by atoms with Gasteiger partial charge in [0.25, 0.3) is 0 Å². The van der Waals surface area contributed by atoms with Gasteiger partial charge in [-0.05, 0) is 51.7 Å². The van der Waals surface area contributed by atoms with E-state index in [0.717, 1.165) is 29.2 Å². The van der Waals surface area contributed by atoms with E-state index in [4.69, 9.17) is 13.9 Å². The molecule has 0 saturated carbocycles. The molecule has 1 aromatic heterocycles. The third-order valence-corrected chi connectivity index (χ3v) is 5.98. The van der Waals surface area contributed by atoms with E-state index in [9.17, 15) is 9.59 Å². The Hall–Kier alpha value is -3.42. The molecular weight excluding hydrogens is 434 g/mol. The third-order valence-electron chi connectivity index (χ3n) is 5.98. The number of amides is 3. The predicted octanol–water partition coefficient (Wildman–Crippen LogP) is 5.71. The zero-order valence-corrected chi connectivity index (χ0v) is 20.5. The Morgan fingerprint density at radius 1 is 1.18 bits per heavy atom. The van der Waals surface area contributed by atoms with Crippen LogP contribution >= 0.6 is 0 Å². The molecular formula is C26H33N3O5. The van der Waals surface area contributed by atoms with Gasteiger partial charge >= 0.3 is 12.1 Å². The number of urea groups is 1. The molecule has 182 valence electrons. The van der Waals surface area contributed by atoms with Crippen molar-refractivity contribution in [2.24, 2.45) is 5.92 Å². The Morgan fingerprint density at radius 3 is 2.68 bits per heavy atom. The van der Waals surface area contributed by atoms with Gasteiger partial charge in [-0.2, -0.15) is 0 Å². The molecule has 0 spiro atoms. The van der Waals surface area contributed by atoms with Crippen LogP contribution < -0.4 is 10.1 Å². The average Bonchev–Trinajstić information content (AvgIpc) is 3.14. The molecule has 1 unspecified atom stereocenters. The lowest BCUT2D eigenvalue weighted by atomic mass is 9.98. The maximum atomic E-state index is 13.1. The Labute approximate surface area is 199 Å². The number of piperidine rings is 1. The normalized spacial score (nSPS) is 16.5. The third kappa shape index (κ3) is 5.21. The van der Waals surface area contributed by atoms with Gasteiger partial charge in [-0.25, -0.2) is 9.59 Å². The summed E-state index contributed by atoms with van der Waals surface area (Å²) in [6, 6.07) is 11.3. The van der Waals surface area contributed by atoms with Crippen molar-refractivity contribution >= 4 is 39.8 Å². The number of anilines is 1. The molecule has 0 bridgehead atoms. The second-order valence-corrected chi connectivity index (χ2v) is 9.89. The topological polar surface area (TPSA) is 84.2 Å². The zero-order valence-electron chi connectivity index (χ0n) is 20.5. The lowest BCUT2D eigenvalue weighted by Gasteiger charge is -2.35. The molecule has 2 aromatic carbocycles. The van der Waals surface area contributed by atoms with Crippen molar-refractivity contribution < 1.29 is 23.5 Å². The number of methoxy groups -OCH3 is 1. The maximum absolute atomic E-state index is 13.1. The minimum atomic E-state index is -0.538. The van der Waals surface area contributed by atoms with Crippen LogP contribution in [0, 0.1) is 5.92 Å². The van der Waals surface area contributed by atoms with Crippen molar-refractivity contribution in [1.29, 1.82) is 0 Å². The van der Waals surface area contributed by atoms with Gasteiger partial charge in [-0.3, -0.25) is 0 Å². The lowest BCUT2D eigenvalue weighted by Crippen LogP contribution is -2.46. The molecule has 8 nitrogen and oxygen atoms in total. The van der Waals surface area contributed by atoms with E-state index in [0.29, 0.717) is 36.7 Å². The monoisotopic (exact) mass is 467 g/mol. The largest absolute Gasteiger partial charge is 0.495 e. The number of carbonyl (C=O) groups excluding carboxylic acids is 2. The number of hydrogen-bond donors (Lipinski definition) is 1. The summed E-state index contributed by atoms with van der Waals surface area (Å²) in [5, 5.41) is 4.93. The van der Waals surface area contributed by atoms with Crippen LogP contribution in [0.3, 0.4) is 0 Å². The van der Waals surface area contributed by atoms with Crippen LogP contribution in [0.25, 0.3) is 21.9 Å². The molecule has 1 aliphatic heterocycles. The van der Waals surface area contributed by atoms with Crippen molar-refractivity contribution in [2.75, 3.05) is 39.1 Å². The summed E-state index contributed by atoms with van der Waals surface area (Å²) in [6.07, 6.45) is 1.48. The first kappa shape index (κ1) is 23.7. The number of hydrogen-bond acceptors (Lipinski definition) is 5. The number of ether oxygens (including phenoxy) is 2. The predicted molar refractivity (Wildman–Crippen MR) is 132 cm³/mol. The van der Waals surface area contributed by atoms with Gasteiger partial charge in [-0.1, -0.05) is 18.2 Å². The number of carbonyl (C=O) groups is 2. The minimum Gasteiger partial charge on any atom is -0.495 e. The number of para-hydroxylation sites is 1. The highest BCUT2D eigenvalue weighted by atomic mass is 16.6. The van der Waals surface area contributed by atoms with Gasteiger partial charge in [0, 0.05) is 43.5 Å². The highest BCUT2D eigenvalue weighted by Gasteiger charge is 2.28. The minimum absolute atomic E-state index is 0.178. The van der Waals surface area contributed by atoms with E-state index in [1.165, 1.54) is 0 Å².